The Labute approximate surface area is 94.5 Å². The summed E-state index contributed by atoms with van der Waals surface area (Å²) in [5, 5.41) is 0.731. The van der Waals surface area contributed by atoms with Crippen LogP contribution in [0.2, 0.25) is 5.02 Å². The van der Waals surface area contributed by atoms with Gasteiger partial charge in [-0.3, -0.25) is 0 Å². The third-order valence-electron chi connectivity index (χ3n) is 2.49. The maximum atomic E-state index is 6.13. The summed E-state index contributed by atoms with van der Waals surface area (Å²) in [6, 6.07) is 13.7. The monoisotopic (exact) mass is 217 g/mol. The Bertz CT molecular complexity index is 492. The van der Waals surface area contributed by atoms with Crippen LogP contribution in [0, 0.1) is 6.92 Å². The van der Waals surface area contributed by atoms with Gasteiger partial charge in [-0.1, -0.05) is 48.0 Å². The SMILES string of the molecule is Cc1cccc(-c2ccccc2Cl)c1N. The summed E-state index contributed by atoms with van der Waals surface area (Å²) in [5.74, 6) is 0. The largest absolute Gasteiger partial charge is 0.398 e. The topological polar surface area (TPSA) is 26.0 Å². The molecule has 2 aromatic carbocycles. The molecule has 0 heterocycles. The summed E-state index contributed by atoms with van der Waals surface area (Å²) in [5.41, 5.74) is 9.89. The lowest BCUT2D eigenvalue weighted by Gasteiger charge is -2.09. The van der Waals surface area contributed by atoms with E-state index in [2.05, 4.69) is 0 Å². The number of rotatable bonds is 1. The number of hydrogen-bond donors (Lipinski definition) is 1. The van der Waals surface area contributed by atoms with Gasteiger partial charge in [0, 0.05) is 21.8 Å². The van der Waals surface area contributed by atoms with E-state index in [0.717, 1.165) is 27.4 Å². The predicted octanol–water partition coefficient (Wildman–Crippen LogP) is 3.90. The van der Waals surface area contributed by atoms with E-state index in [-0.39, 0.29) is 0 Å². The van der Waals surface area contributed by atoms with Crippen molar-refractivity contribution in [3.05, 3.63) is 53.1 Å². The predicted molar refractivity (Wildman–Crippen MR) is 66.0 cm³/mol. The van der Waals surface area contributed by atoms with Gasteiger partial charge in [0.1, 0.15) is 0 Å². The Balaban J connectivity index is 2.65. The average Bonchev–Trinajstić information content (AvgIpc) is 2.23. The van der Waals surface area contributed by atoms with Crippen molar-refractivity contribution < 1.29 is 0 Å². The number of aryl methyl sites for hydroxylation is 1. The standard InChI is InChI=1S/C13H12ClN/c1-9-5-4-7-11(13(9)15)10-6-2-3-8-12(10)14/h2-8H,15H2,1H3. The molecule has 15 heavy (non-hydrogen) atoms. The molecule has 0 fully saturated rings. The van der Waals surface area contributed by atoms with E-state index in [4.69, 9.17) is 17.3 Å². The first-order valence-corrected chi connectivity index (χ1v) is 5.18. The fourth-order valence-corrected chi connectivity index (χ4v) is 1.83. The summed E-state index contributed by atoms with van der Waals surface area (Å²) in [7, 11) is 0. The number of nitrogens with two attached hydrogens (primary N) is 1. The Morgan fingerprint density at radius 1 is 0.933 bits per heavy atom. The second kappa shape index (κ2) is 3.95. The lowest BCUT2D eigenvalue weighted by Crippen LogP contribution is -1.93. The summed E-state index contributed by atoms with van der Waals surface area (Å²) in [6.45, 7) is 2.00. The average molecular weight is 218 g/mol. The first-order valence-electron chi connectivity index (χ1n) is 4.80. The third-order valence-corrected chi connectivity index (χ3v) is 2.82. The first-order chi connectivity index (χ1) is 7.20. The van der Waals surface area contributed by atoms with E-state index in [1.807, 2.05) is 49.4 Å². The zero-order valence-corrected chi connectivity index (χ0v) is 9.25. The molecule has 0 aliphatic carbocycles. The number of anilines is 1. The highest BCUT2D eigenvalue weighted by atomic mass is 35.5. The quantitative estimate of drug-likeness (QED) is 0.721. The summed E-state index contributed by atoms with van der Waals surface area (Å²) < 4.78 is 0. The van der Waals surface area contributed by atoms with Crippen molar-refractivity contribution in [3.8, 4) is 11.1 Å². The van der Waals surface area contributed by atoms with Crippen LogP contribution >= 0.6 is 11.6 Å². The maximum Gasteiger partial charge on any atom is 0.0485 e. The number of benzene rings is 2. The molecule has 2 heteroatoms. The molecule has 2 aromatic rings. The molecular weight excluding hydrogens is 206 g/mol. The zero-order valence-electron chi connectivity index (χ0n) is 8.50. The third kappa shape index (κ3) is 1.83. The van der Waals surface area contributed by atoms with Crippen molar-refractivity contribution in [3.63, 3.8) is 0 Å². The molecule has 0 aliphatic heterocycles. The van der Waals surface area contributed by atoms with Crippen molar-refractivity contribution in [1.29, 1.82) is 0 Å². The second-order valence-electron chi connectivity index (χ2n) is 3.52. The van der Waals surface area contributed by atoms with Crippen molar-refractivity contribution in [2.45, 2.75) is 6.92 Å². The van der Waals surface area contributed by atoms with Crippen molar-refractivity contribution >= 4 is 17.3 Å². The van der Waals surface area contributed by atoms with Gasteiger partial charge in [-0.05, 0) is 18.6 Å². The smallest absolute Gasteiger partial charge is 0.0485 e. The van der Waals surface area contributed by atoms with Crippen LogP contribution in [0.5, 0.6) is 0 Å². The van der Waals surface area contributed by atoms with Gasteiger partial charge in [-0.25, -0.2) is 0 Å². The molecule has 1 nitrogen and oxygen atoms in total. The number of para-hydroxylation sites is 1. The minimum atomic E-state index is 0.731. The van der Waals surface area contributed by atoms with Crippen LogP contribution in [0.3, 0.4) is 0 Å². The van der Waals surface area contributed by atoms with E-state index >= 15 is 0 Å². The van der Waals surface area contributed by atoms with Crippen LogP contribution in [-0.4, -0.2) is 0 Å². The number of nitrogen functional groups attached to an aromatic ring is 1. The van der Waals surface area contributed by atoms with Gasteiger partial charge in [-0.15, -0.1) is 0 Å². The van der Waals surface area contributed by atoms with E-state index in [1.54, 1.807) is 0 Å². The molecule has 76 valence electrons. The van der Waals surface area contributed by atoms with Crippen LogP contribution in [0.1, 0.15) is 5.56 Å². The Morgan fingerprint density at radius 3 is 2.33 bits per heavy atom. The van der Waals surface area contributed by atoms with Crippen LogP contribution in [-0.2, 0) is 0 Å². The van der Waals surface area contributed by atoms with E-state index < -0.39 is 0 Å². The van der Waals surface area contributed by atoms with E-state index in [0.29, 0.717) is 0 Å². The molecule has 0 saturated heterocycles. The van der Waals surface area contributed by atoms with Gasteiger partial charge >= 0.3 is 0 Å². The van der Waals surface area contributed by atoms with Gasteiger partial charge in [0.15, 0.2) is 0 Å². The van der Waals surface area contributed by atoms with Gasteiger partial charge in [0.2, 0.25) is 0 Å². The van der Waals surface area contributed by atoms with Crippen LogP contribution in [0.25, 0.3) is 11.1 Å². The fourth-order valence-electron chi connectivity index (χ4n) is 1.60. The van der Waals surface area contributed by atoms with E-state index in [1.165, 1.54) is 0 Å². The van der Waals surface area contributed by atoms with Crippen molar-refractivity contribution in [2.75, 3.05) is 5.73 Å². The van der Waals surface area contributed by atoms with Crippen LogP contribution < -0.4 is 5.73 Å². The van der Waals surface area contributed by atoms with Gasteiger partial charge in [0.05, 0.1) is 0 Å². The molecule has 0 bridgehead atoms. The van der Waals surface area contributed by atoms with Gasteiger partial charge in [-0.2, -0.15) is 0 Å². The molecule has 2 N–H and O–H groups in total. The molecule has 0 atom stereocenters. The highest BCUT2D eigenvalue weighted by Gasteiger charge is 2.06. The van der Waals surface area contributed by atoms with Crippen molar-refractivity contribution in [1.82, 2.24) is 0 Å². The number of halogens is 1. The van der Waals surface area contributed by atoms with Gasteiger partial charge in [0.25, 0.3) is 0 Å². The maximum absolute atomic E-state index is 6.13. The summed E-state index contributed by atoms with van der Waals surface area (Å²) in [6.07, 6.45) is 0. The molecule has 0 amide bonds. The molecule has 0 spiro atoms. The lowest BCUT2D eigenvalue weighted by atomic mass is 10.0. The molecule has 0 radical (unpaired) electrons. The van der Waals surface area contributed by atoms with Gasteiger partial charge < -0.3 is 5.73 Å². The Hall–Kier alpha value is -1.47. The van der Waals surface area contributed by atoms with Crippen LogP contribution in [0.4, 0.5) is 5.69 Å². The Kier molecular flexibility index (Phi) is 2.65. The molecule has 0 unspecified atom stereocenters. The molecular formula is C13H12ClN. The summed E-state index contributed by atoms with van der Waals surface area (Å²) >= 11 is 6.13. The minimum Gasteiger partial charge on any atom is -0.398 e. The Morgan fingerprint density at radius 2 is 1.60 bits per heavy atom. The fraction of sp³-hybridized carbons (Fsp3) is 0.0769. The lowest BCUT2D eigenvalue weighted by molar-refractivity contribution is 1.46. The van der Waals surface area contributed by atoms with E-state index in [9.17, 15) is 0 Å². The highest BCUT2D eigenvalue weighted by Crippen LogP contribution is 2.32. The minimum absolute atomic E-state index is 0.731. The molecule has 0 saturated carbocycles. The molecule has 0 aromatic heterocycles. The highest BCUT2D eigenvalue weighted by molar-refractivity contribution is 6.33. The first kappa shape index (κ1) is 10.1. The summed E-state index contributed by atoms with van der Waals surface area (Å²) in [4.78, 5) is 0. The second-order valence-corrected chi connectivity index (χ2v) is 3.92. The molecule has 2 rings (SSSR count). The number of hydrogen-bond acceptors (Lipinski definition) is 1. The van der Waals surface area contributed by atoms with Crippen molar-refractivity contribution in [2.24, 2.45) is 0 Å². The van der Waals surface area contributed by atoms with Crippen LogP contribution in [0.15, 0.2) is 42.5 Å². The zero-order chi connectivity index (χ0) is 10.8. The molecule has 0 aliphatic rings. The normalized spacial score (nSPS) is 10.3.